The molecule has 0 aliphatic carbocycles. The van der Waals surface area contributed by atoms with Crippen LogP contribution in [-0.4, -0.2) is 17.1 Å². The molecule has 4 nitrogen and oxygen atoms in total. The van der Waals surface area contributed by atoms with E-state index in [-0.39, 0.29) is 0 Å². The Morgan fingerprint density at radius 2 is 1.81 bits per heavy atom. The third-order valence-corrected chi connectivity index (χ3v) is 6.36. The van der Waals surface area contributed by atoms with Crippen molar-refractivity contribution in [3.05, 3.63) is 52.4 Å². The molecule has 0 amide bonds. The lowest BCUT2D eigenvalue weighted by atomic mass is 10.1. The van der Waals surface area contributed by atoms with Gasteiger partial charge in [-0.3, -0.25) is 0 Å². The zero-order chi connectivity index (χ0) is 19.0. The average Bonchev–Trinajstić information content (AvgIpc) is 3.23. The number of rotatable bonds is 5. The molecule has 0 fully saturated rings. The number of aryl methyl sites for hydroxylation is 3. The Morgan fingerprint density at radius 3 is 2.56 bits per heavy atom. The minimum atomic E-state index is 0.866. The van der Waals surface area contributed by atoms with Crippen molar-refractivity contribution < 1.29 is 4.74 Å². The molecule has 27 heavy (non-hydrogen) atoms. The SMILES string of the molecule is CCc1ccc2nc(Nc3nc(-c4ccc(OC)c(C)c4)c(C)s3)sc2c1. The van der Waals surface area contributed by atoms with Crippen LogP contribution >= 0.6 is 22.7 Å². The van der Waals surface area contributed by atoms with Gasteiger partial charge in [-0.15, -0.1) is 11.3 Å². The van der Waals surface area contributed by atoms with Gasteiger partial charge < -0.3 is 10.1 Å². The smallest absolute Gasteiger partial charge is 0.190 e. The Kier molecular flexibility index (Phi) is 4.85. The summed E-state index contributed by atoms with van der Waals surface area (Å²) in [6.45, 7) is 6.32. The molecule has 0 atom stereocenters. The Bertz CT molecular complexity index is 1110. The summed E-state index contributed by atoms with van der Waals surface area (Å²) in [7, 11) is 1.69. The second kappa shape index (κ2) is 7.29. The Balaban J connectivity index is 1.62. The summed E-state index contributed by atoms with van der Waals surface area (Å²) < 4.78 is 6.56. The summed E-state index contributed by atoms with van der Waals surface area (Å²) in [5.41, 5.74) is 5.57. The van der Waals surface area contributed by atoms with E-state index in [9.17, 15) is 0 Å². The zero-order valence-electron chi connectivity index (χ0n) is 15.8. The molecular weight excluding hydrogens is 374 g/mol. The van der Waals surface area contributed by atoms with Crippen molar-refractivity contribution in [3.63, 3.8) is 0 Å². The highest BCUT2D eigenvalue weighted by Gasteiger charge is 2.13. The molecular formula is C21H21N3OS2. The number of thiazole rings is 2. The number of nitrogens with one attached hydrogen (secondary N) is 1. The quantitative estimate of drug-likeness (QED) is 0.428. The molecule has 0 unspecified atom stereocenters. The van der Waals surface area contributed by atoms with Gasteiger partial charge in [0.2, 0.25) is 0 Å². The normalized spacial score (nSPS) is 11.1. The Morgan fingerprint density at radius 1 is 1.00 bits per heavy atom. The lowest BCUT2D eigenvalue weighted by Gasteiger charge is -2.06. The average molecular weight is 396 g/mol. The summed E-state index contributed by atoms with van der Waals surface area (Å²) in [5, 5.41) is 5.13. The van der Waals surface area contributed by atoms with Gasteiger partial charge in [0.25, 0.3) is 0 Å². The van der Waals surface area contributed by atoms with Gasteiger partial charge >= 0.3 is 0 Å². The highest BCUT2D eigenvalue weighted by Crippen LogP contribution is 2.35. The van der Waals surface area contributed by atoms with Gasteiger partial charge in [0.1, 0.15) is 5.75 Å². The van der Waals surface area contributed by atoms with Crippen molar-refractivity contribution in [1.29, 1.82) is 0 Å². The number of ether oxygens (including phenoxy) is 1. The number of methoxy groups -OCH3 is 1. The molecule has 138 valence electrons. The minimum Gasteiger partial charge on any atom is -0.496 e. The number of benzene rings is 2. The first-order valence-corrected chi connectivity index (χ1v) is 10.5. The van der Waals surface area contributed by atoms with Crippen molar-refractivity contribution in [2.24, 2.45) is 0 Å². The van der Waals surface area contributed by atoms with E-state index in [2.05, 4.69) is 61.4 Å². The Hall–Kier alpha value is -2.44. The van der Waals surface area contributed by atoms with Crippen LogP contribution in [0.5, 0.6) is 5.75 Å². The van der Waals surface area contributed by atoms with E-state index in [4.69, 9.17) is 9.72 Å². The summed E-state index contributed by atoms with van der Waals surface area (Å²) in [5.74, 6) is 0.894. The van der Waals surface area contributed by atoms with Gasteiger partial charge in [0, 0.05) is 10.4 Å². The van der Waals surface area contributed by atoms with Gasteiger partial charge in [-0.05, 0) is 61.7 Å². The summed E-state index contributed by atoms with van der Waals surface area (Å²) in [4.78, 5) is 10.7. The van der Waals surface area contributed by atoms with Crippen LogP contribution in [0.4, 0.5) is 10.3 Å². The minimum absolute atomic E-state index is 0.866. The predicted molar refractivity (Wildman–Crippen MR) is 116 cm³/mol. The third-order valence-electron chi connectivity index (χ3n) is 4.54. The largest absolute Gasteiger partial charge is 0.496 e. The van der Waals surface area contributed by atoms with Crippen LogP contribution in [0.2, 0.25) is 0 Å². The lowest BCUT2D eigenvalue weighted by molar-refractivity contribution is 0.412. The maximum Gasteiger partial charge on any atom is 0.190 e. The molecule has 0 aliphatic heterocycles. The van der Waals surface area contributed by atoms with Crippen LogP contribution in [0.3, 0.4) is 0 Å². The number of hydrogen-bond acceptors (Lipinski definition) is 6. The van der Waals surface area contributed by atoms with Gasteiger partial charge in [-0.25, -0.2) is 9.97 Å². The first kappa shape index (κ1) is 17.9. The zero-order valence-corrected chi connectivity index (χ0v) is 17.4. The number of nitrogens with zero attached hydrogens (tertiary/aromatic N) is 2. The third kappa shape index (κ3) is 3.55. The molecule has 4 aromatic rings. The molecule has 0 saturated carbocycles. The van der Waals surface area contributed by atoms with E-state index >= 15 is 0 Å². The predicted octanol–water partition coefficient (Wildman–Crippen LogP) is 6.35. The molecule has 2 aromatic heterocycles. The second-order valence-corrected chi connectivity index (χ2v) is 8.64. The Labute approximate surface area is 166 Å². The standard InChI is InChI=1S/C21H21N3OS2/c1-5-14-6-8-16-18(11-14)27-20(22-16)24-21-23-19(13(3)26-21)15-7-9-17(25-4)12(2)10-15/h6-11H,5H2,1-4H3,(H,22,23,24). The summed E-state index contributed by atoms with van der Waals surface area (Å²) >= 11 is 3.32. The highest BCUT2D eigenvalue weighted by atomic mass is 32.1. The first-order chi connectivity index (χ1) is 13.1. The summed E-state index contributed by atoms with van der Waals surface area (Å²) in [6, 6.07) is 12.6. The summed E-state index contributed by atoms with van der Waals surface area (Å²) in [6.07, 6.45) is 1.03. The highest BCUT2D eigenvalue weighted by molar-refractivity contribution is 7.22. The number of anilines is 2. The molecule has 1 N–H and O–H groups in total. The van der Waals surface area contributed by atoms with E-state index in [0.29, 0.717) is 0 Å². The number of fused-ring (bicyclic) bond motifs is 1. The van der Waals surface area contributed by atoms with E-state index in [1.165, 1.54) is 15.1 Å². The first-order valence-electron chi connectivity index (χ1n) is 8.86. The number of aromatic nitrogens is 2. The van der Waals surface area contributed by atoms with Crippen LogP contribution in [-0.2, 0) is 6.42 Å². The molecule has 2 heterocycles. The van der Waals surface area contributed by atoms with Crippen molar-refractivity contribution in [2.45, 2.75) is 27.2 Å². The van der Waals surface area contributed by atoms with Gasteiger partial charge in [-0.1, -0.05) is 24.3 Å². The molecule has 0 radical (unpaired) electrons. The van der Waals surface area contributed by atoms with Crippen LogP contribution in [0, 0.1) is 13.8 Å². The van der Waals surface area contributed by atoms with Crippen molar-refractivity contribution >= 4 is 43.2 Å². The van der Waals surface area contributed by atoms with E-state index in [1.807, 2.05) is 6.07 Å². The van der Waals surface area contributed by atoms with Crippen molar-refractivity contribution in [2.75, 3.05) is 12.4 Å². The lowest BCUT2D eigenvalue weighted by Crippen LogP contribution is -1.90. The molecule has 2 aromatic carbocycles. The van der Waals surface area contributed by atoms with E-state index in [0.717, 1.165) is 44.8 Å². The molecule has 0 aliphatic rings. The molecule has 0 bridgehead atoms. The number of hydrogen-bond donors (Lipinski definition) is 1. The van der Waals surface area contributed by atoms with Gasteiger partial charge in [0.05, 0.1) is 23.0 Å². The fourth-order valence-corrected chi connectivity index (χ4v) is 4.91. The van der Waals surface area contributed by atoms with Crippen molar-refractivity contribution in [1.82, 2.24) is 9.97 Å². The second-order valence-electron chi connectivity index (χ2n) is 6.41. The monoisotopic (exact) mass is 395 g/mol. The van der Waals surface area contributed by atoms with Crippen LogP contribution < -0.4 is 10.1 Å². The fourth-order valence-electron chi connectivity index (χ4n) is 3.08. The van der Waals surface area contributed by atoms with Crippen molar-refractivity contribution in [3.8, 4) is 17.0 Å². The van der Waals surface area contributed by atoms with E-state index < -0.39 is 0 Å². The molecule has 0 spiro atoms. The van der Waals surface area contributed by atoms with E-state index in [1.54, 1.807) is 29.8 Å². The van der Waals surface area contributed by atoms with Crippen LogP contribution in [0.1, 0.15) is 22.9 Å². The molecule has 0 saturated heterocycles. The fraction of sp³-hybridized carbons (Fsp3) is 0.238. The van der Waals surface area contributed by atoms with Crippen LogP contribution in [0.15, 0.2) is 36.4 Å². The topological polar surface area (TPSA) is 47.0 Å². The maximum absolute atomic E-state index is 5.36. The molecule has 4 rings (SSSR count). The van der Waals surface area contributed by atoms with Gasteiger partial charge in [-0.2, -0.15) is 0 Å². The van der Waals surface area contributed by atoms with Gasteiger partial charge in [0.15, 0.2) is 10.3 Å². The maximum atomic E-state index is 5.36. The molecule has 6 heteroatoms. The van der Waals surface area contributed by atoms with Crippen LogP contribution in [0.25, 0.3) is 21.5 Å².